The molecule has 0 unspecified atom stereocenters. The normalized spacial score (nSPS) is 11.0. The maximum Gasteiger partial charge on any atom is 0.105 e. The van der Waals surface area contributed by atoms with Gasteiger partial charge in [0.1, 0.15) is 5.82 Å². The number of hydrogen-bond donors (Lipinski definition) is 1. The Bertz CT molecular complexity index is 666. The number of aromatic nitrogens is 2. The average molecular weight is 278 g/mol. The minimum atomic E-state index is 1.07. The van der Waals surface area contributed by atoms with Crippen molar-refractivity contribution < 1.29 is 0 Å². The molecule has 2 nitrogen and oxygen atoms in total. The molecule has 0 aliphatic heterocycles. The van der Waals surface area contributed by atoms with Crippen molar-refractivity contribution in [2.24, 2.45) is 0 Å². The first-order valence-corrected chi connectivity index (χ1v) is 7.88. The quantitative estimate of drug-likeness (QED) is 0.611. The number of aryl methyl sites for hydroxylation is 2. The fraction of sp³-hybridized carbons (Fsp3) is 0.316. The lowest BCUT2D eigenvalue weighted by Crippen LogP contribution is -1.90. The van der Waals surface area contributed by atoms with E-state index >= 15 is 0 Å². The first kappa shape index (κ1) is 13.9. The van der Waals surface area contributed by atoms with Gasteiger partial charge in [0.2, 0.25) is 0 Å². The van der Waals surface area contributed by atoms with Crippen LogP contribution < -0.4 is 0 Å². The topological polar surface area (TPSA) is 28.7 Å². The summed E-state index contributed by atoms with van der Waals surface area (Å²) in [5.41, 5.74) is 1.49. The van der Waals surface area contributed by atoms with Gasteiger partial charge in [-0.1, -0.05) is 55.3 Å². The van der Waals surface area contributed by atoms with Crippen LogP contribution in [-0.2, 0) is 12.8 Å². The van der Waals surface area contributed by atoms with Crippen LogP contribution in [0.5, 0.6) is 0 Å². The molecule has 0 saturated heterocycles. The molecule has 1 aromatic heterocycles. The van der Waals surface area contributed by atoms with E-state index in [9.17, 15) is 0 Å². The Morgan fingerprint density at radius 1 is 0.810 bits per heavy atom. The number of hydrogen-bond acceptors (Lipinski definition) is 1. The summed E-state index contributed by atoms with van der Waals surface area (Å²) in [6.07, 6.45) is 11.1. The second-order valence-corrected chi connectivity index (χ2v) is 5.59. The van der Waals surface area contributed by atoms with Crippen LogP contribution in [0.4, 0.5) is 0 Å². The molecule has 0 atom stereocenters. The molecule has 3 rings (SSSR count). The zero-order valence-electron chi connectivity index (χ0n) is 12.4. The minimum absolute atomic E-state index is 1.07. The molecule has 0 spiro atoms. The lowest BCUT2D eigenvalue weighted by atomic mass is 9.99. The summed E-state index contributed by atoms with van der Waals surface area (Å²) in [4.78, 5) is 7.42. The summed E-state index contributed by atoms with van der Waals surface area (Å²) in [7, 11) is 0. The van der Waals surface area contributed by atoms with Gasteiger partial charge in [0.15, 0.2) is 0 Å². The number of aromatic amines is 1. The van der Waals surface area contributed by atoms with Crippen LogP contribution in [0.3, 0.4) is 0 Å². The van der Waals surface area contributed by atoms with Gasteiger partial charge in [-0.15, -0.1) is 0 Å². The summed E-state index contributed by atoms with van der Waals surface area (Å²) in [5.74, 6) is 1.11. The summed E-state index contributed by atoms with van der Waals surface area (Å²) >= 11 is 0. The largest absolute Gasteiger partial charge is 0.349 e. The van der Waals surface area contributed by atoms with Gasteiger partial charge in [0, 0.05) is 18.8 Å². The molecule has 1 heterocycles. The zero-order valence-corrected chi connectivity index (χ0v) is 12.4. The lowest BCUT2D eigenvalue weighted by Gasteiger charge is -2.06. The lowest BCUT2D eigenvalue weighted by molar-refractivity contribution is 0.633. The highest BCUT2D eigenvalue weighted by atomic mass is 14.9. The van der Waals surface area contributed by atoms with E-state index in [1.54, 1.807) is 0 Å². The van der Waals surface area contributed by atoms with Crippen molar-refractivity contribution in [3.05, 3.63) is 66.2 Å². The van der Waals surface area contributed by atoms with Gasteiger partial charge in [0.05, 0.1) is 0 Å². The number of imidazole rings is 1. The van der Waals surface area contributed by atoms with Crippen molar-refractivity contribution in [1.29, 1.82) is 0 Å². The van der Waals surface area contributed by atoms with Crippen LogP contribution in [0.1, 0.15) is 37.1 Å². The average Bonchev–Trinajstić information content (AvgIpc) is 3.04. The number of rotatable bonds is 7. The fourth-order valence-corrected chi connectivity index (χ4v) is 2.91. The Labute approximate surface area is 126 Å². The van der Waals surface area contributed by atoms with Crippen LogP contribution in [0, 0.1) is 0 Å². The Balaban J connectivity index is 1.44. The fourth-order valence-electron chi connectivity index (χ4n) is 2.91. The molecule has 2 aromatic carbocycles. The van der Waals surface area contributed by atoms with E-state index in [0.29, 0.717) is 0 Å². The number of benzene rings is 2. The molecule has 0 fully saturated rings. The van der Waals surface area contributed by atoms with Crippen molar-refractivity contribution in [3.8, 4) is 0 Å². The Morgan fingerprint density at radius 2 is 1.62 bits per heavy atom. The number of fused-ring (bicyclic) bond motifs is 1. The van der Waals surface area contributed by atoms with E-state index in [1.807, 2.05) is 12.4 Å². The van der Waals surface area contributed by atoms with Crippen molar-refractivity contribution >= 4 is 10.8 Å². The molecule has 21 heavy (non-hydrogen) atoms. The third kappa shape index (κ3) is 3.72. The Hall–Kier alpha value is -2.09. The third-order valence-corrected chi connectivity index (χ3v) is 4.04. The van der Waals surface area contributed by atoms with Gasteiger partial charge in [-0.2, -0.15) is 0 Å². The van der Waals surface area contributed by atoms with Crippen LogP contribution in [0.25, 0.3) is 10.8 Å². The van der Waals surface area contributed by atoms with E-state index in [1.165, 1.54) is 48.4 Å². The highest BCUT2D eigenvalue weighted by molar-refractivity contribution is 5.85. The van der Waals surface area contributed by atoms with E-state index in [-0.39, 0.29) is 0 Å². The van der Waals surface area contributed by atoms with Gasteiger partial charge in [-0.25, -0.2) is 4.98 Å². The number of unbranched alkanes of at least 4 members (excludes halogenated alkanes) is 3. The molecule has 0 radical (unpaired) electrons. The van der Waals surface area contributed by atoms with Crippen LogP contribution >= 0.6 is 0 Å². The molecule has 108 valence electrons. The van der Waals surface area contributed by atoms with Crippen LogP contribution in [0.15, 0.2) is 54.9 Å². The Kier molecular flexibility index (Phi) is 4.67. The highest BCUT2D eigenvalue weighted by Gasteiger charge is 2.00. The van der Waals surface area contributed by atoms with Gasteiger partial charge >= 0.3 is 0 Å². The van der Waals surface area contributed by atoms with E-state index in [4.69, 9.17) is 0 Å². The number of H-pyrrole nitrogens is 1. The van der Waals surface area contributed by atoms with Gasteiger partial charge in [-0.3, -0.25) is 0 Å². The summed E-state index contributed by atoms with van der Waals surface area (Å²) in [6.45, 7) is 0. The van der Waals surface area contributed by atoms with Gasteiger partial charge in [-0.05, 0) is 35.6 Å². The summed E-state index contributed by atoms with van der Waals surface area (Å²) < 4.78 is 0. The first-order chi connectivity index (χ1) is 10.4. The van der Waals surface area contributed by atoms with Crippen molar-refractivity contribution in [3.63, 3.8) is 0 Å². The molecule has 0 bridgehead atoms. The van der Waals surface area contributed by atoms with Crippen LogP contribution in [-0.4, -0.2) is 9.97 Å². The third-order valence-electron chi connectivity index (χ3n) is 4.04. The zero-order chi connectivity index (χ0) is 14.3. The van der Waals surface area contributed by atoms with Gasteiger partial charge in [0.25, 0.3) is 0 Å². The maximum atomic E-state index is 4.26. The number of nitrogens with one attached hydrogen (secondary N) is 1. The predicted molar refractivity (Wildman–Crippen MR) is 88.4 cm³/mol. The number of nitrogens with zero attached hydrogens (tertiary/aromatic N) is 1. The van der Waals surface area contributed by atoms with Gasteiger partial charge < -0.3 is 4.98 Å². The minimum Gasteiger partial charge on any atom is -0.349 e. The molecule has 0 aliphatic carbocycles. The maximum absolute atomic E-state index is 4.26. The molecule has 1 N–H and O–H groups in total. The second kappa shape index (κ2) is 7.07. The van der Waals surface area contributed by atoms with E-state index in [2.05, 4.69) is 52.4 Å². The molecule has 0 aliphatic rings. The van der Waals surface area contributed by atoms with E-state index < -0.39 is 0 Å². The molecule has 2 heteroatoms. The van der Waals surface area contributed by atoms with Crippen molar-refractivity contribution in [2.45, 2.75) is 38.5 Å². The molecule has 0 amide bonds. The summed E-state index contributed by atoms with van der Waals surface area (Å²) in [5, 5.41) is 2.77. The monoisotopic (exact) mass is 278 g/mol. The SMILES string of the molecule is c1ccc2c(CCCCCCc3ncc[nH]3)cccc2c1. The smallest absolute Gasteiger partial charge is 0.105 e. The predicted octanol–water partition coefficient (Wildman–Crippen LogP) is 4.91. The van der Waals surface area contributed by atoms with Crippen LogP contribution in [0.2, 0.25) is 0 Å². The van der Waals surface area contributed by atoms with E-state index in [0.717, 1.165) is 12.2 Å². The highest BCUT2D eigenvalue weighted by Crippen LogP contribution is 2.20. The second-order valence-electron chi connectivity index (χ2n) is 5.59. The summed E-state index contributed by atoms with van der Waals surface area (Å²) in [6, 6.07) is 15.3. The molecular weight excluding hydrogens is 256 g/mol. The standard InChI is InChI=1S/C19H22N2/c1(2-4-13-19-20-14-15-21-19)3-8-16-10-7-11-17-9-5-6-12-18(16)17/h5-7,9-12,14-15H,1-4,8,13H2,(H,20,21). The first-order valence-electron chi connectivity index (χ1n) is 7.88. The molecular formula is C19H22N2. The Morgan fingerprint density at radius 3 is 2.48 bits per heavy atom. The molecule has 0 saturated carbocycles. The molecule has 3 aromatic rings. The van der Waals surface area contributed by atoms with Crippen molar-refractivity contribution in [2.75, 3.05) is 0 Å². The van der Waals surface area contributed by atoms with Crippen molar-refractivity contribution in [1.82, 2.24) is 9.97 Å².